The highest BCUT2D eigenvalue weighted by atomic mass is 35.5. The summed E-state index contributed by atoms with van der Waals surface area (Å²) in [7, 11) is 0. The van der Waals surface area contributed by atoms with Crippen molar-refractivity contribution in [1.82, 2.24) is 14.8 Å². The Bertz CT molecular complexity index is 898. The first kappa shape index (κ1) is 19.5. The number of hydrogen-bond donors (Lipinski definition) is 1. The number of carbonyl (C=O) groups is 1. The van der Waals surface area contributed by atoms with Gasteiger partial charge in [0, 0.05) is 23.7 Å². The largest absolute Gasteiger partial charge is 0.325 e. The molecule has 1 N–H and O–H groups in total. The van der Waals surface area contributed by atoms with Gasteiger partial charge in [-0.15, -0.1) is 10.2 Å². The molecule has 1 heterocycles. The van der Waals surface area contributed by atoms with Crippen molar-refractivity contribution in [3.8, 4) is 0 Å². The normalized spacial score (nSPS) is 10.7. The van der Waals surface area contributed by atoms with Crippen LogP contribution < -0.4 is 5.32 Å². The summed E-state index contributed by atoms with van der Waals surface area (Å²) in [4.78, 5) is 12.2. The lowest BCUT2D eigenvalue weighted by atomic mass is 10.1. The minimum absolute atomic E-state index is 0.0991. The van der Waals surface area contributed by atoms with E-state index >= 15 is 0 Å². The quantitative estimate of drug-likeness (QED) is 0.558. The molecule has 3 rings (SSSR count). The van der Waals surface area contributed by atoms with Gasteiger partial charge in [-0.25, -0.2) is 0 Å². The van der Waals surface area contributed by atoms with Gasteiger partial charge in [-0.05, 0) is 30.2 Å². The van der Waals surface area contributed by atoms with Gasteiger partial charge in [0.25, 0.3) is 0 Å². The van der Waals surface area contributed by atoms with Crippen molar-refractivity contribution >= 4 is 35.0 Å². The van der Waals surface area contributed by atoms with E-state index in [0.29, 0.717) is 10.7 Å². The highest BCUT2D eigenvalue weighted by molar-refractivity contribution is 7.99. The molecule has 0 radical (unpaired) electrons. The molecule has 1 amide bonds. The maximum atomic E-state index is 12.2. The van der Waals surface area contributed by atoms with Crippen LogP contribution in [0, 0.1) is 0 Å². The topological polar surface area (TPSA) is 59.8 Å². The zero-order valence-electron chi connectivity index (χ0n) is 15.1. The molecule has 0 unspecified atom stereocenters. The van der Waals surface area contributed by atoms with E-state index in [1.54, 1.807) is 18.2 Å². The van der Waals surface area contributed by atoms with Gasteiger partial charge in [0.2, 0.25) is 5.91 Å². The van der Waals surface area contributed by atoms with E-state index in [0.717, 1.165) is 30.4 Å². The molecule has 3 aromatic rings. The van der Waals surface area contributed by atoms with Crippen molar-refractivity contribution in [1.29, 1.82) is 0 Å². The Morgan fingerprint density at radius 3 is 2.70 bits per heavy atom. The van der Waals surface area contributed by atoms with Crippen LogP contribution in [0.1, 0.15) is 24.7 Å². The molecule has 5 nitrogen and oxygen atoms in total. The van der Waals surface area contributed by atoms with Gasteiger partial charge in [-0.3, -0.25) is 4.79 Å². The highest BCUT2D eigenvalue weighted by Crippen LogP contribution is 2.20. The lowest BCUT2D eigenvalue weighted by Gasteiger charge is -2.09. The number of carbonyl (C=O) groups excluding carboxylic acids is 1. The van der Waals surface area contributed by atoms with Gasteiger partial charge in [-0.2, -0.15) is 0 Å². The smallest absolute Gasteiger partial charge is 0.234 e. The average Bonchev–Trinajstić information content (AvgIpc) is 3.03. The fourth-order valence-corrected chi connectivity index (χ4v) is 3.65. The fourth-order valence-electron chi connectivity index (χ4n) is 2.68. The molecule has 0 fully saturated rings. The molecule has 0 saturated heterocycles. The highest BCUT2D eigenvalue weighted by Gasteiger charge is 2.14. The van der Waals surface area contributed by atoms with E-state index < -0.39 is 0 Å². The number of nitrogens with one attached hydrogen (secondary N) is 1. The summed E-state index contributed by atoms with van der Waals surface area (Å²) >= 11 is 7.34. The third-order valence-electron chi connectivity index (χ3n) is 3.89. The predicted molar refractivity (Wildman–Crippen MR) is 110 cm³/mol. The maximum absolute atomic E-state index is 12.2. The summed E-state index contributed by atoms with van der Waals surface area (Å²) in [6.45, 7) is 2.94. The van der Waals surface area contributed by atoms with E-state index in [2.05, 4.69) is 39.1 Å². The van der Waals surface area contributed by atoms with Crippen molar-refractivity contribution in [2.24, 2.45) is 0 Å². The number of benzene rings is 2. The number of aromatic nitrogens is 3. The van der Waals surface area contributed by atoms with E-state index in [1.165, 1.54) is 17.3 Å². The first-order chi connectivity index (χ1) is 13.2. The summed E-state index contributed by atoms with van der Waals surface area (Å²) in [6, 6.07) is 17.3. The SMILES string of the molecule is CCCn1c(Cc2ccccc2)nnc1SCC(=O)Nc1cccc(Cl)c1. The van der Waals surface area contributed by atoms with E-state index in [1.807, 2.05) is 24.3 Å². The van der Waals surface area contributed by atoms with Crippen molar-refractivity contribution < 1.29 is 4.79 Å². The Morgan fingerprint density at radius 2 is 1.96 bits per heavy atom. The van der Waals surface area contributed by atoms with Gasteiger partial charge in [0.05, 0.1) is 5.75 Å². The van der Waals surface area contributed by atoms with Gasteiger partial charge in [-0.1, -0.05) is 66.7 Å². The lowest BCUT2D eigenvalue weighted by molar-refractivity contribution is -0.113. The molecule has 2 aromatic carbocycles. The Balaban J connectivity index is 1.64. The summed E-state index contributed by atoms with van der Waals surface area (Å²) in [5.41, 5.74) is 1.88. The molecule has 1 aromatic heterocycles. The standard InChI is InChI=1S/C20H21ClN4OS/c1-2-11-25-18(12-15-7-4-3-5-8-15)23-24-20(25)27-14-19(26)22-17-10-6-9-16(21)13-17/h3-10,13H,2,11-12,14H2,1H3,(H,22,26). The van der Waals surface area contributed by atoms with E-state index in [9.17, 15) is 4.79 Å². The van der Waals surface area contributed by atoms with Crippen LogP contribution in [0.4, 0.5) is 5.69 Å². The lowest BCUT2D eigenvalue weighted by Crippen LogP contribution is -2.15. The van der Waals surface area contributed by atoms with Crippen LogP contribution in [0.25, 0.3) is 0 Å². The minimum atomic E-state index is -0.0991. The number of amides is 1. The summed E-state index contributed by atoms with van der Waals surface area (Å²) in [6.07, 6.45) is 1.70. The molecule has 0 aliphatic carbocycles. The minimum Gasteiger partial charge on any atom is -0.325 e. The van der Waals surface area contributed by atoms with Gasteiger partial charge in [0.15, 0.2) is 5.16 Å². The predicted octanol–water partition coefficient (Wildman–Crippen LogP) is 4.66. The number of halogens is 1. The number of anilines is 1. The van der Waals surface area contributed by atoms with Gasteiger partial charge < -0.3 is 9.88 Å². The Kier molecular flexibility index (Phi) is 6.90. The van der Waals surface area contributed by atoms with Crippen molar-refractivity contribution in [3.05, 3.63) is 71.0 Å². The van der Waals surface area contributed by atoms with Gasteiger partial charge in [0.1, 0.15) is 5.82 Å². The number of hydrogen-bond acceptors (Lipinski definition) is 4. The van der Waals surface area contributed by atoms with Crippen LogP contribution in [0.5, 0.6) is 0 Å². The molecule has 0 aliphatic rings. The average molecular weight is 401 g/mol. The number of nitrogens with zero attached hydrogens (tertiary/aromatic N) is 3. The van der Waals surface area contributed by atoms with Crippen molar-refractivity contribution in [3.63, 3.8) is 0 Å². The van der Waals surface area contributed by atoms with Crippen LogP contribution in [0.15, 0.2) is 59.8 Å². The van der Waals surface area contributed by atoms with E-state index in [4.69, 9.17) is 11.6 Å². The Labute approximate surface area is 168 Å². The zero-order chi connectivity index (χ0) is 19.1. The van der Waals surface area contributed by atoms with Crippen LogP contribution >= 0.6 is 23.4 Å². The molecule has 0 atom stereocenters. The van der Waals surface area contributed by atoms with E-state index in [-0.39, 0.29) is 11.7 Å². The van der Waals surface area contributed by atoms with Gasteiger partial charge >= 0.3 is 0 Å². The van der Waals surface area contributed by atoms with Crippen molar-refractivity contribution in [2.45, 2.75) is 31.5 Å². The zero-order valence-corrected chi connectivity index (χ0v) is 16.6. The summed E-state index contributed by atoms with van der Waals surface area (Å²) in [5, 5.41) is 12.9. The van der Waals surface area contributed by atoms with Crippen LogP contribution in [-0.4, -0.2) is 26.4 Å². The maximum Gasteiger partial charge on any atom is 0.234 e. The molecule has 0 saturated carbocycles. The number of thioether (sulfide) groups is 1. The molecule has 0 spiro atoms. The molecule has 140 valence electrons. The Hall–Kier alpha value is -2.31. The molecular formula is C20H21ClN4OS. The van der Waals surface area contributed by atoms with Crippen LogP contribution in [0.3, 0.4) is 0 Å². The molecular weight excluding hydrogens is 380 g/mol. The first-order valence-corrected chi connectivity index (χ1v) is 10.2. The first-order valence-electron chi connectivity index (χ1n) is 8.80. The second kappa shape index (κ2) is 9.58. The van der Waals surface area contributed by atoms with Crippen LogP contribution in [0.2, 0.25) is 5.02 Å². The second-order valence-corrected chi connectivity index (χ2v) is 7.44. The third-order valence-corrected chi connectivity index (χ3v) is 5.09. The molecule has 7 heteroatoms. The van der Waals surface area contributed by atoms with Crippen molar-refractivity contribution in [2.75, 3.05) is 11.1 Å². The summed E-state index contributed by atoms with van der Waals surface area (Å²) in [5.74, 6) is 1.08. The Morgan fingerprint density at radius 1 is 1.15 bits per heavy atom. The third kappa shape index (κ3) is 5.58. The monoisotopic (exact) mass is 400 g/mol. The summed E-state index contributed by atoms with van der Waals surface area (Å²) < 4.78 is 2.10. The van der Waals surface area contributed by atoms with Crippen LogP contribution in [-0.2, 0) is 17.8 Å². The number of rotatable bonds is 8. The second-order valence-electron chi connectivity index (χ2n) is 6.06. The fraction of sp³-hybridized carbons (Fsp3) is 0.250. The molecule has 0 aliphatic heterocycles. The molecule has 0 bridgehead atoms. The molecule has 27 heavy (non-hydrogen) atoms.